The third kappa shape index (κ3) is 4.16. The molecule has 2 rings (SSSR count). The molecule has 0 unspecified atom stereocenters. The second kappa shape index (κ2) is 6.85. The van der Waals surface area contributed by atoms with Crippen LogP contribution in [0, 0.1) is 0 Å². The predicted molar refractivity (Wildman–Crippen MR) is 84.1 cm³/mol. The Morgan fingerprint density at radius 3 is 2.68 bits per heavy atom. The van der Waals surface area contributed by atoms with E-state index in [4.69, 9.17) is 0 Å². The Kier molecular flexibility index (Phi) is 5.14. The van der Waals surface area contributed by atoms with Crippen LogP contribution >= 0.6 is 11.8 Å². The number of rotatable bonds is 5. The van der Waals surface area contributed by atoms with Crippen LogP contribution in [0.3, 0.4) is 0 Å². The van der Waals surface area contributed by atoms with Gasteiger partial charge in [0, 0.05) is 13.1 Å². The molecule has 1 N–H and O–H groups in total. The molecule has 0 aliphatic carbocycles. The van der Waals surface area contributed by atoms with E-state index in [9.17, 15) is 4.79 Å². The van der Waals surface area contributed by atoms with Crippen LogP contribution in [-0.2, 0) is 4.79 Å². The molecule has 1 aromatic rings. The van der Waals surface area contributed by atoms with Crippen LogP contribution in [0.1, 0.15) is 26.7 Å². The topological polar surface area (TPSA) is 32.3 Å². The molecule has 1 aromatic carbocycles. The van der Waals surface area contributed by atoms with E-state index >= 15 is 0 Å². The maximum Gasteiger partial charge on any atom is 0.234 e. The number of anilines is 2. The van der Waals surface area contributed by atoms with Gasteiger partial charge in [-0.2, -0.15) is 0 Å². The van der Waals surface area contributed by atoms with Gasteiger partial charge in [0.2, 0.25) is 5.91 Å². The molecule has 4 heteroatoms. The normalized spacial score (nSPS) is 15.0. The maximum atomic E-state index is 11.9. The number of nitrogens with one attached hydrogen (secondary N) is 1. The summed E-state index contributed by atoms with van der Waals surface area (Å²) in [4.78, 5) is 14.3. The summed E-state index contributed by atoms with van der Waals surface area (Å²) in [6, 6.07) is 8.10. The third-order valence-corrected chi connectivity index (χ3v) is 4.27. The standard InChI is InChI=1S/C15H22N2OS/c1-12(2)19-11-15(18)16-13-7-3-4-8-14(13)17-9-5-6-10-17/h3-4,7-8,12H,5-6,9-11H2,1-2H3,(H,16,18). The monoisotopic (exact) mass is 278 g/mol. The highest BCUT2D eigenvalue weighted by Crippen LogP contribution is 2.28. The number of amides is 1. The number of para-hydroxylation sites is 2. The number of thioether (sulfide) groups is 1. The summed E-state index contributed by atoms with van der Waals surface area (Å²) in [7, 11) is 0. The van der Waals surface area contributed by atoms with E-state index in [1.165, 1.54) is 12.8 Å². The predicted octanol–water partition coefficient (Wildman–Crippen LogP) is 3.37. The van der Waals surface area contributed by atoms with E-state index in [0.29, 0.717) is 11.0 Å². The van der Waals surface area contributed by atoms with Gasteiger partial charge in [-0.1, -0.05) is 26.0 Å². The molecule has 3 nitrogen and oxygen atoms in total. The lowest BCUT2D eigenvalue weighted by Crippen LogP contribution is -2.22. The summed E-state index contributed by atoms with van der Waals surface area (Å²) >= 11 is 1.67. The summed E-state index contributed by atoms with van der Waals surface area (Å²) in [6.07, 6.45) is 2.48. The maximum absolute atomic E-state index is 11.9. The second-order valence-corrected chi connectivity index (χ2v) is 6.68. The average molecular weight is 278 g/mol. The molecule has 0 radical (unpaired) electrons. The van der Waals surface area contributed by atoms with Crippen molar-refractivity contribution in [3.05, 3.63) is 24.3 Å². The van der Waals surface area contributed by atoms with Gasteiger partial charge in [0.1, 0.15) is 0 Å². The Labute approximate surface area is 119 Å². The van der Waals surface area contributed by atoms with E-state index < -0.39 is 0 Å². The van der Waals surface area contributed by atoms with Crippen LogP contribution in [0.2, 0.25) is 0 Å². The van der Waals surface area contributed by atoms with E-state index in [-0.39, 0.29) is 5.91 Å². The number of benzene rings is 1. The first-order valence-corrected chi connectivity index (χ1v) is 7.97. The van der Waals surface area contributed by atoms with Gasteiger partial charge >= 0.3 is 0 Å². The van der Waals surface area contributed by atoms with Crippen molar-refractivity contribution in [1.29, 1.82) is 0 Å². The number of nitrogens with zero attached hydrogens (tertiary/aromatic N) is 1. The Morgan fingerprint density at radius 2 is 2.00 bits per heavy atom. The molecule has 1 aliphatic rings. The molecule has 1 saturated heterocycles. The molecule has 1 fully saturated rings. The summed E-state index contributed by atoms with van der Waals surface area (Å²) < 4.78 is 0. The van der Waals surface area contributed by atoms with Crippen molar-refractivity contribution in [1.82, 2.24) is 0 Å². The number of carbonyl (C=O) groups excluding carboxylic acids is 1. The Bertz CT molecular complexity index is 428. The summed E-state index contributed by atoms with van der Waals surface area (Å²) in [5.74, 6) is 0.608. The van der Waals surface area contributed by atoms with Crippen LogP contribution in [-0.4, -0.2) is 30.0 Å². The van der Waals surface area contributed by atoms with Crippen molar-refractivity contribution in [3.8, 4) is 0 Å². The van der Waals surface area contributed by atoms with Gasteiger partial charge in [-0.05, 0) is 30.2 Å². The zero-order valence-electron chi connectivity index (χ0n) is 11.7. The van der Waals surface area contributed by atoms with Crippen molar-refractivity contribution < 1.29 is 4.79 Å². The highest BCUT2D eigenvalue weighted by Gasteiger charge is 2.16. The van der Waals surface area contributed by atoms with Gasteiger partial charge in [-0.15, -0.1) is 11.8 Å². The van der Waals surface area contributed by atoms with Gasteiger partial charge in [-0.3, -0.25) is 4.79 Å². The van der Waals surface area contributed by atoms with Crippen molar-refractivity contribution in [2.75, 3.05) is 29.1 Å². The molecular weight excluding hydrogens is 256 g/mol. The fourth-order valence-electron chi connectivity index (χ4n) is 2.24. The zero-order chi connectivity index (χ0) is 13.7. The van der Waals surface area contributed by atoms with Crippen molar-refractivity contribution >= 4 is 29.0 Å². The summed E-state index contributed by atoms with van der Waals surface area (Å²) in [5.41, 5.74) is 2.10. The Hall–Kier alpha value is -1.16. The third-order valence-electron chi connectivity index (χ3n) is 3.17. The number of hydrogen-bond acceptors (Lipinski definition) is 3. The van der Waals surface area contributed by atoms with E-state index in [0.717, 1.165) is 24.5 Å². The molecule has 19 heavy (non-hydrogen) atoms. The molecule has 0 spiro atoms. The largest absolute Gasteiger partial charge is 0.370 e. The lowest BCUT2D eigenvalue weighted by Gasteiger charge is -2.21. The second-order valence-electron chi connectivity index (χ2n) is 5.12. The molecule has 0 saturated carbocycles. The Balaban J connectivity index is 2.01. The summed E-state index contributed by atoms with van der Waals surface area (Å²) in [6.45, 7) is 6.40. The highest BCUT2D eigenvalue weighted by atomic mass is 32.2. The molecule has 0 atom stereocenters. The molecular formula is C15H22N2OS. The zero-order valence-corrected chi connectivity index (χ0v) is 12.5. The molecule has 104 valence electrons. The van der Waals surface area contributed by atoms with Crippen molar-refractivity contribution in [2.45, 2.75) is 31.9 Å². The number of hydrogen-bond donors (Lipinski definition) is 1. The van der Waals surface area contributed by atoms with Gasteiger partial charge in [0.15, 0.2) is 0 Å². The quantitative estimate of drug-likeness (QED) is 0.896. The van der Waals surface area contributed by atoms with Crippen LogP contribution < -0.4 is 10.2 Å². The molecule has 0 bridgehead atoms. The van der Waals surface area contributed by atoms with Crippen LogP contribution in [0.5, 0.6) is 0 Å². The molecule has 1 aliphatic heterocycles. The SMILES string of the molecule is CC(C)SCC(=O)Nc1ccccc1N1CCCC1. The first-order chi connectivity index (χ1) is 9.16. The van der Waals surface area contributed by atoms with Crippen LogP contribution in [0.15, 0.2) is 24.3 Å². The first kappa shape index (κ1) is 14.3. The lowest BCUT2D eigenvalue weighted by molar-refractivity contribution is -0.113. The fraction of sp³-hybridized carbons (Fsp3) is 0.533. The average Bonchev–Trinajstić information content (AvgIpc) is 2.91. The molecule has 0 aromatic heterocycles. The van der Waals surface area contributed by atoms with Crippen molar-refractivity contribution in [3.63, 3.8) is 0 Å². The minimum Gasteiger partial charge on any atom is -0.370 e. The van der Waals surface area contributed by atoms with Gasteiger partial charge < -0.3 is 10.2 Å². The van der Waals surface area contributed by atoms with Crippen LogP contribution in [0.4, 0.5) is 11.4 Å². The molecule has 1 heterocycles. The Morgan fingerprint density at radius 1 is 1.32 bits per heavy atom. The van der Waals surface area contributed by atoms with Gasteiger partial charge in [-0.25, -0.2) is 0 Å². The number of carbonyl (C=O) groups is 1. The minimum absolute atomic E-state index is 0.0883. The highest BCUT2D eigenvalue weighted by molar-refractivity contribution is 8.00. The van der Waals surface area contributed by atoms with E-state index in [1.54, 1.807) is 11.8 Å². The van der Waals surface area contributed by atoms with E-state index in [2.05, 4.69) is 30.1 Å². The fourth-order valence-corrected chi connectivity index (χ4v) is 2.80. The first-order valence-electron chi connectivity index (χ1n) is 6.92. The summed E-state index contributed by atoms with van der Waals surface area (Å²) in [5, 5.41) is 3.53. The van der Waals surface area contributed by atoms with Crippen molar-refractivity contribution in [2.24, 2.45) is 0 Å². The van der Waals surface area contributed by atoms with Gasteiger partial charge in [0.05, 0.1) is 17.1 Å². The van der Waals surface area contributed by atoms with E-state index in [1.807, 2.05) is 18.2 Å². The van der Waals surface area contributed by atoms with Crippen LogP contribution in [0.25, 0.3) is 0 Å². The molecule has 1 amide bonds. The minimum atomic E-state index is 0.0883. The smallest absolute Gasteiger partial charge is 0.234 e. The van der Waals surface area contributed by atoms with Gasteiger partial charge in [0.25, 0.3) is 0 Å². The lowest BCUT2D eigenvalue weighted by atomic mass is 10.2.